The highest BCUT2D eigenvalue weighted by Crippen LogP contribution is 2.43. The fourth-order valence-electron chi connectivity index (χ4n) is 10.7. The van der Waals surface area contributed by atoms with E-state index in [-0.39, 0.29) is 0 Å². The van der Waals surface area contributed by atoms with Gasteiger partial charge in [0.15, 0.2) is 11.6 Å². The van der Waals surface area contributed by atoms with Gasteiger partial charge in [0.25, 0.3) is 0 Å². The van der Waals surface area contributed by atoms with Crippen LogP contribution in [-0.4, -0.2) is 28.7 Å². The molecule has 0 atom stereocenters. The second-order valence-corrected chi connectivity index (χ2v) is 17.6. The van der Waals surface area contributed by atoms with Crippen LogP contribution in [0.1, 0.15) is 0 Å². The summed E-state index contributed by atoms with van der Waals surface area (Å²) in [4.78, 5) is 16.4. The van der Waals surface area contributed by atoms with Gasteiger partial charge in [0.1, 0.15) is 0 Å². The molecular weight excluding hydrogens is 841 g/mol. The molecule has 0 unspecified atom stereocenters. The van der Waals surface area contributed by atoms with Crippen LogP contribution in [0.2, 0.25) is 0 Å². The molecule has 0 saturated heterocycles. The molecule has 69 heavy (non-hydrogen) atoms. The summed E-state index contributed by atoms with van der Waals surface area (Å²) in [6, 6.07) is 86.2. The van der Waals surface area contributed by atoms with Gasteiger partial charge in [0.05, 0.1) is 33.1 Å². The van der Waals surface area contributed by atoms with Gasteiger partial charge in [-0.25, -0.2) is 4.98 Å². The molecule has 0 aliphatic rings. The summed E-state index contributed by atoms with van der Waals surface area (Å²) in [5.74, 6) is 1.75. The third-order valence-corrected chi connectivity index (χ3v) is 13.7. The normalized spacial score (nSPS) is 11.8. The first kappa shape index (κ1) is 38.8. The first-order valence-electron chi connectivity index (χ1n) is 23.4. The smallest absolute Gasteiger partial charge is 0.238 e. The molecule has 0 aliphatic heterocycles. The van der Waals surface area contributed by atoms with E-state index in [1.165, 1.54) is 22.1 Å². The van der Waals surface area contributed by atoms with E-state index >= 15 is 0 Å². The minimum absolute atomic E-state index is 0.548. The summed E-state index contributed by atoms with van der Waals surface area (Å²) >= 11 is 0. The maximum atomic E-state index is 5.57. The molecule has 322 valence electrons. The molecule has 6 heteroatoms. The van der Waals surface area contributed by atoms with Gasteiger partial charge in [0.2, 0.25) is 5.95 Å². The Morgan fingerprint density at radius 2 is 0.725 bits per heavy atom. The molecule has 0 saturated carbocycles. The standard InChI is InChI=1S/C63H40N6/c1-4-18-41(19-5-1)44-22-16-23-45(40-44)42-34-36-47(37-35-42)68-54-30-13-10-26-48(54)50-38-39-51-49-27-11-14-31-55(49)69(60(51)59(50)68)63-65-61(43-20-6-2-7-21-43)64-62(66-63)53-29-17-33-57-58(53)52-28-12-15-32-56(52)67(57)46-24-8-3-9-25-46/h1-40H. The number of nitrogens with zero attached hydrogens (tertiary/aromatic N) is 6. The van der Waals surface area contributed by atoms with E-state index in [0.717, 1.165) is 88.1 Å². The first-order valence-corrected chi connectivity index (χ1v) is 23.4. The van der Waals surface area contributed by atoms with E-state index in [1.807, 2.05) is 18.2 Å². The van der Waals surface area contributed by atoms with Crippen molar-refractivity contribution < 1.29 is 0 Å². The third-order valence-electron chi connectivity index (χ3n) is 13.7. The van der Waals surface area contributed by atoms with E-state index in [2.05, 4.69) is 238 Å². The van der Waals surface area contributed by atoms with Crippen LogP contribution in [0, 0.1) is 0 Å². The highest BCUT2D eigenvalue weighted by Gasteiger charge is 2.25. The molecule has 0 aliphatic carbocycles. The molecule has 4 aromatic heterocycles. The van der Waals surface area contributed by atoms with Crippen molar-refractivity contribution in [1.29, 1.82) is 0 Å². The predicted molar refractivity (Wildman–Crippen MR) is 285 cm³/mol. The molecule has 14 aromatic rings. The molecule has 0 N–H and O–H groups in total. The lowest BCUT2D eigenvalue weighted by atomic mass is 9.99. The summed E-state index contributed by atoms with van der Waals surface area (Å²) in [6.45, 7) is 0. The number of hydrogen-bond acceptors (Lipinski definition) is 3. The molecule has 0 amide bonds. The maximum Gasteiger partial charge on any atom is 0.238 e. The van der Waals surface area contributed by atoms with Crippen molar-refractivity contribution in [3.63, 3.8) is 0 Å². The minimum atomic E-state index is 0.548. The van der Waals surface area contributed by atoms with Gasteiger partial charge in [-0.3, -0.25) is 4.57 Å². The molecular formula is C63H40N6. The Kier molecular flexibility index (Phi) is 8.79. The fourth-order valence-corrected chi connectivity index (χ4v) is 10.7. The van der Waals surface area contributed by atoms with Gasteiger partial charge < -0.3 is 9.13 Å². The molecule has 0 spiro atoms. The van der Waals surface area contributed by atoms with Gasteiger partial charge >= 0.3 is 0 Å². The third kappa shape index (κ3) is 6.16. The minimum Gasteiger partial charge on any atom is -0.309 e. The van der Waals surface area contributed by atoms with Crippen LogP contribution in [0.25, 0.3) is 128 Å². The van der Waals surface area contributed by atoms with Gasteiger partial charge in [-0.15, -0.1) is 0 Å². The van der Waals surface area contributed by atoms with Gasteiger partial charge in [-0.05, 0) is 76.9 Å². The highest BCUT2D eigenvalue weighted by molar-refractivity contribution is 6.24. The Bertz CT molecular complexity index is 4280. The topological polar surface area (TPSA) is 53.5 Å². The zero-order valence-corrected chi connectivity index (χ0v) is 37.3. The van der Waals surface area contributed by atoms with Crippen LogP contribution in [0.4, 0.5) is 0 Å². The van der Waals surface area contributed by atoms with Crippen molar-refractivity contribution in [2.45, 2.75) is 0 Å². The summed E-state index contributed by atoms with van der Waals surface area (Å²) < 4.78 is 7.04. The summed E-state index contributed by atoms with van der Waals surface area (Å²) in [7, 11) is 0. The van der Waals surface area contributed by atoms with Gasteiger partial charge in [-0.1, -0.05) is 188 Å². The monoisotopic (exact) mass is 880 g/mol. The second-order valence-electron chi connectivity index (χ2n) is 17.6. The Balaban J connectivity index is 1.04. The van der Waals surface area contributed by atoms with Gasteiger partial charge in [0, 0.05) is 54.8 Å². The van der Waals surface area contributed by atoms with E-state index in [1.54, 1.807) is 0 Å². The molecule has 0 fully saturated rings. The van der Waals surface area contributed by atoms with Crippen molar-refractivity contribution in [1.82, 2.24) is 28.7 Å². The van der Waals surface area contributed by atoms with Crippen molar-refractivity contribution in [3.05, 3.63) is 243 Å². The Morgan fingerprint density at radius 1 is 0.261 bits per heavy atom. The molecule has 14 rings (SSSR count). The quantitative estimate of drug-likeness (QED) is 0.160. The zero-order valence-electron chi connectivity index (χ0n) is 37.3. The SMILES string of the molecule is c1ccc(-c2cccc(-c3ccc(-n4c5ccccc5c5ccc6c7ccccc7n(-c7nc(-c8ccccc8)nc(-c8cccc9c8c8ccccc8n9-c8ccccc8)n7)c6c54)cc3)c2)cc1. The Labute approximate surface area is 397 Å². The van der Waals surface area contributed by atoms with Crippen LogP contribution in [0.5, 0.6) is 0 Å². The number of hydrogen-bond donors (Lipinski definition) is 0. The fraction of sp³-hybridized carbons (Fsp3) is 0. The van der Waals surface area contributed by atoms with Crippen LogP contribution < -0.4 is 0 Å². The van der Waals surface area contributed by atoms with E-state index < -0.39 is 0 Å². The maximum absolute atomic E-state index is 5.57. The molecule has 10 aromatic carbocycles. The highest BCUT2D eigenvalue weighted by atomic mass is 15.2. The number of rotatable bonds is 7. The molecule has 0 bridgehead atoms. The Hall–Kier alpha value is -9.39. The van der Waals surface area contributed by atoms with Crippen molar-refractivity contribution in [3.8, 4) is 62.4 Å². The summed E-state index contributed by atoms with van der Waals surface area (Å²) in [5, 5.41) is 6.79. The molecule has 4 heterocycles. The van der Waals surface area contributed by atoms with E-state index in [0.29, 0.717) is 17.6 Å². The number of aromatic nitrogens is 6. The van der Waals surface area contributed by atoms with Crippen molar-refractivity contribution in [2.24, 2.45) is 0 Å². The average molecular weight is 881 g/mol. The lowest BCUT2D eigenvalue weighted by molar-refractivity contribution is 0.954. The van der Waals surface area contributed by atoms with Crippen LogP contribution in [0.3, 0.4) is 0 Å². The number of benzene rings is 10. The zero-order chi connectivity index (χ0) is 45.4. The summed E-state index contributed by atoms with van der Waals surface area (Å²) in [6.07, 6.45) is 0. The first-order chi connectivity index (χ1) is 34.2. The lowest BCUT2D eigenvalue weighted by Gasteiger charge is -2.14. The van der Waals surface area contributed by atoms with Crippen molar-refractivity contribution in [2.75, 3.05) is 0 Å². The van der Waals surface area contributed by atoms with Crippen LogP contribution in [0.15, 0.2) is 243 Å². The van der Waals surface area contributed by atoms with Gasteiger partial charge in [-0.2, -0.15) is 9.97 Å². The average Bonchev–Trinajstić information content (AvgIpc) is 4.08. The van der Waals surface area contributed by atoms with E-state index in [9.17, 15) is 0 Å². The predicted octanol–water partition coefficient (Wildman–Crippen LogP) is 15.8. The van der Waals surface area contributed by atoms with E-state index in [4.69, 9.17) is 15.0 Å². The van der Waals surface area contributed by atoms with Crippen molar-refractivity contribution >= 4 is 65.4 Å². The van der Waals surface area contributed by atoms with Crippen LogP contribution >= 0.6 is 0 Å². The molecule has 0 radical (unpaired) electrons. The lowest BCUT2D eigenvalue weighted by Crippen LogP contribution is -2.07. The number of para-hydroxylation sites is 4. The Morgan fingerprint density at radius 3 is 1.39 bits per heavy atom. The largest absolute Gasteiger partial charge is 0.309 e. The molecule has 6 nitrogen and oxygen atoms in total. The number of fused-ring (bicyclic) bond motifs is 10. The second kappa shape index (κ2) is 15.6. The van der Waals surface area contributed by atoms with Crippen LogP contribution in [-0.2, 0) is 0 Å². The summed E-state index contributed by atoms with van der Waals surface area (Å²) in [5.41, 5.74) is 15.2.